The molecule has 1 rings (SSSR count). The fourth-order valence-corrected chi connectivity index (χ4v) is 1.83. The van der Waals surface area contributed by atoms with E-state index in [4.69, 9.17) is 4.74 Å². The van der Waals surface area contributed by atoms with Crippen molar-refractivity contribution < 1.29 is 4.74 Å². The molecule has 0 bridgehead atoms. The Morgan fingerprint density at radius 2 is 2.24 bits per heavy atom. The van der Waals surface area contributed by atoms with Crippen molar-refractivity contribution in [3.63, 3.8) is 0 Å². The summed E-state index contributed by atoms with van der Waals surface area (Å²) in [5.41, 5.74) is 1.19. The number of halogens is 1. The maximum atomic E-state index is 5.03. The number of nitrogens with zero attached hydrogens (tertiary/aromatic N) is 2. The smallest absolute Gasteiger partial charge is 0.0589 e. The van der Waals surface area contributed by atoms with Crippen molar-refractivity contribution in [1.29, 1.82) is 0 Å². The normalized spacial score (nSPS) is 11.1. The Hall–Kier alpha value is -0.490. The summed E-state index contributed by atoms with van der Waals surface area (Å²) in [5, 5.41) is 3.39. The van der Waals surface area contributed by atoms with Gasteiger partial charge in [0, 0.05) is 50.2 Å². The van der Waals surface area contributed by atoms with Gasteiger partial charge in [-0.3, -0.25) is 4.98 Å². The number of aromatic nitrogens is 1. The molecule has 0 saturated carbocycles. The molecular weight excluding hydrogens is 282 g/mol. The molecular formula is C12H20BrN3O. The molecule has 1 aromatic rings. The molecule has 0 aromatic carbocycles. The van der Waals surface area contributed by atoms with E-state index in [1.165, 1.54) is 5.56 Å². The van der Waals surface area contributed by atoms with Crippen LogP contribution in [0.1, 0.15) is 5.56 Å². The van der Waals surface area contributed by atoms with Gasteiger partial charge in [-0.15, -0.1) is 0 Å². The van der Waals surface area contributed by atoms with E-state index in [-0.39, 0.29) is 0 Å². The summed E-state index contributed by atoms with van der Waals surface area (Å²) in [6.45, 7) is 4.59. The number of nitrogens with one attached hydrogen (secondary N) is 1. The van der Waals surface area contributed by atoms with Crippen LogP contribution in [-0.2, 0) is 11.3 Å². The van der Waals surface area contributed by atoms with Crippen LogP contribution < -0.4 is 5.32 Å². The van der Waals surface area contributed by atoms with E-state index in [1.54, 1.807) is 13.3 Å². The van der Waals surface area contributed by atoms with Gasteiger partial charge in [0.15, 0.2) is 0 Å². The van der Waals surface area contributed by atoms with Crippen molar-refractivity contribution in [3.8, 4) is 0 Å². The van der Waals surface area contributed by atoms with Crippen molar-refractivity contribution in [2.75, 3.05) is 40.4 Å². The van der Waals surface area contributed by atoms with Crippen LogP contribution in [0.25, 0.3) is 0 Å². The molecule has 0 unspecified atom stereocenters. The van der Waals surface area contributed by atoms with Crippen molar-refractivity contribution in [3.05, 3.63) is 28.5 Å². The van der Waals surface area contributed by atoms with E-state index in [2.05, 4.69) is 44.2 Å². The van der Waals surface area contributed by atoms with Crippen LogP contribution in [0.3, 0.4) is 0 Å². The third kappa shape index (κ3) is 6.73. The standard InChI is InChI=1S/C12H20BrN3O/c1-16(5-6-17-2)4-3-14-8-11-7-12(13)10-15-9-11/h7,9-10,14H,3-6,8H2,1-2H3. The summed E-state index contributed by atoms with van der Waals surface area (Å²) >= 11 is 3.41. The fraction of sp³-hybridized carbons (Fsp3) is 0.583. The van der Waals surface area contributed by atoms with E-state index >= 15 is 0 Å². The lowest BCUT2D eigenvalue weighted by atomic mass is 10.3. The molecule has 0 atom stereocenters. The fourth-order valence-electron chi connectivity index (χ4n) is 1.41. The second-order valence-electron chi connectivity index (χ2n) is 3.98. The number of pyridine rings is 1. The number of rotatable bonds is 8. The molecule has 0 spiro atoms. The number of hydrogen-bond acceptors (Lipinski definition) is 4. The van der Waals surface area contributed by atoms with Gasteiger partial charge in [-0.1, -0.05) is 0 Å². The minimum atomic E-state index is 0.784. The number of ether oxygens (including phenoxy) is 1. The molecule has 0 aliphatic heterocycles. The molecule has 1 heterocycles. The first-order chi connectivity index (χ1) is 8.22. The Morgan fingerprint density at radius 3 is 2.94 bits per heavy atom. The molecule has 96 valence electrons. The summed E-state index contributed by atoms with van der Waals surface area (Å²) in [5.74, 6) is 0. The Balaban J connectivity index is 2.11. The Morgan fingerprint density at radius 1 is 1.41 bits per heavy atom. The Labute approximate surface area is 111 Å². The zero-order chi connectivity index (χ0) is 12.5. The SMILES string of the molecule is COCCN(C)CCNCc1cncc(Br)c1. The van der Waals surface area contributed by atoms with Gasteiger partial charge in [-0.05, 0) is 34.6 Å². The highest BCUT2D eigenvalue weighted by atomic mass is 79.9. The summed E-state index contributed by atoms with van der Waals surface area (Å²) < 4.78 is 6.05. The molecule has 1 N–H and O–H groups in total. The van der Waals surface area contributed by atoms with Crippen LogP contribution in [0.4, 0.5) is 0 Å². The Kier molecular flexibility index (Phi) is 7.35. The number of methoxy groups -OCH3 is 1. The monoisotopic (exact) mass is 301 g/mol. The molecule has 0 amide bonds. The summed E-state index contributed by atoms with van der Waals surface area (Å²) in [6.07, 6.45) is 3.68. The van der Waals surface area contributed by atoms with Crippen LogP contribution in [0.15, 0.2) is 22.9 Å². The quantitative estimate of drug-likeness (QED) is 0.739. The van der Waals surface area contributed by atoms with Gasteiger partial charge in [-0.25, -0.2) is 0 Å². The highest BCUT2D eigenvalue weighted by Gasteiger charge is 1.98. The van der Waals surface area contributed by atoms with Crippen LogP contribution in [0.2, 0.25) is 0 Å². The molecule has 4 nitrogen and oxygen atoms in total. The van der Waals surface area contributed by atoms with Crippen LogP contribution in [0.5, 0.6) is 0 Å². The van der Waals surface area contributed by atoms with E-state index < -0.39 is 0 Å². The van der Waals surface area contributed by atoms with Crippen LogP contribution >= 0.6 is 15.9 Å². The van der Waals surface area contributed by atoms with Crippen LogP contribution in [0, 0.1) is 0 Å². The predicted molar refractivity (Wildman–Crippen MR) is 73.0 cm³/mol. The first kappa shape index (κ1) is 14.6. The second-order valence-corrected chi connectivity index (χ2v) is 4.90. The topological polar surface area (TPSA) is 37.4 Å². The number of hydrogen-bond donors (Lipinski definition) is 1. The highest BCUT2D eigenvalue weighted by molar-refractivity contribution is 9.10. The first-order valence-electron chi connectivity index (χ1n) is 5.70. The minimum absolute atomic E-state index is 0.784. The summed E-state index contributed by atoms with van der Waals surface area (Å²) in [6, 6.07) is 2.08. The number of likely N-dealkylation sites (N-methyl/N-ethyl adjacent to an activating group) is 1. The molecule has 1 aromatic heterocycles. The van der Waals surface area contributed by atoms with E-state index in [0.717, 1.165) is 37.3 Å². The maximum Gasteiger partial charge on any atom is 0.0589 e. The van der Waals surface area contributed by atoms with Crippen molar-refractivity contribution in [1.82, 2.24) is 15.2 Å². The maximum absolute atomic E-state index is 5.03. The molecule has 5 heteroatoms. The van der Waals surface area contributed by atoms with Crippen molar-refractivity contribution >= 4 is 15.9 Å². The van der Waals surface area contributed by atoms with Crippen molar-refractivity contribution in [2.45, 2.75) is 6.54 Å². The van der Waals surface area contributed by atoms with Gasteiger partial charge in [0.1, 0.15) is 0 Å². The van der Waals surface area contributed by atoms with Gasteiger partial charge >= 0.3 is 0 Å². The van der Waals surface area contributed by atoms with E-state index in [1.807, 2.05) is 6.20 Å². The highest BCUT2D eigenvalue weighted by Crippen LogP contribution is 2.08. The van der Waals surface area contributed by atoms with Crippen molar-refractivity contribution in [2.24, 2.45) is 0 Å². The van der Waals surface area contributed by atoms with Gasteiger partial charge in [0.25, 0.3) is 0 Å². The molecule has 0 radical (unpaired) electrons. The molecule has 0 saturated heterocycles. The van der Waals surface area contributed by atoms with Gasteiger partial charge in [-0.2, -0.15) is 0 Å². The predicted octanol–water partition coefficient (Wildman–Crippen LogP) is 1.51. The van der Waals surface area contributed by atoms with Gasteiger partial charge in [0.05, 0.1) is 6.61 Å². The summed E-state index contributed by atoms with van der Waals surface area (Å²) in [7, 11) is 3.83. The average Bonchev–Trinajstić information content (AvgIpc) is 2.32. The van der Waals surface area contributed by atoms with Gasteiger partial charge in [0.2, 0.25) is 0 Å². The zero-order valence-corrected chi connectivity index (χ0v) is 12.0. The van der Waals surface area contributed by atoms with E-state index in [0.29, 0.717) is 0 Å². The molecule has 0 aliphatic carbocycles. The first-order valence-corrected chi connectivity index (χ1v) is 6.49. The van der Waals surface area contributed by atoms with E-state index in [9.17, 15) is 0 Å². The molecule has 17 heavy (non-hydrogen) atoms. The second kappa shape index (κ2) is 8.58. The molecule has 0 fully saturated rings. The lowest BCUT2D eigenvalue weighted by Gasteiger charge is -2.16. The Bertz CT molecular complexity index is 322. The zero-order valence-electron chi connectivity index (χ0n) is 10.4. The largest absolute Gasteiger partial charge is 0.383 e. The molecule has 0 aliphatic rings. The average molecular weight is 302 g/mol. The lowest BCUT2D eigenvalue weighted by molar-refractivity contribution is 0.161. The lowest BCUT2D eigenvalue weighted by Crippen LogP contribution is -2.31. The van der Waals surface area contributed by atoms with Crippen LogP contribution in [-0.4, -0.2) is 50.3 Å². The third-order valence-corrected chi connectivity index (χ3v) is 2.87. The van der Waals surface area contributed by atoms with Gasteiger partial charge < -0.3 is 15.0 Å². The summed E-state index contributed by atoms with van der Waals surface area (Å²) in [4.78, 5) is 6.37. The minimum Gasteiger partial charge on any atom is -0.383 e. The third-order valence-electron chi connectivity index (χ3n) is 2.44.